The summed E-state index contributed by atoms with van der Waals surface area (Å²) in [5.74, 6) is 1.84. The molecule has 1 saturated carbocycles. The highest BCUT2D eigenvalue weighted by Crippen LogP contribution is 2.32. The van der Waals surface area contributed by atoms with Gasteiger partial charge in [0.1, 0.15) is 11.5 Å². The van der Waals surface area contributed by atoms with Crippen LogP contribution in [0.15, 0.2) is 48.5 Å². The minimum absolute atomic E-state index is 0.0869. The summed E-state index contributed by atoms with van der Waals surface area (Å²) < 4.78 is 11.4. The zero-order chi connectivity index (χ0) is 14.7. The number of methoxy groups -OCH3 is 1. The van der Waals surface area contributed by atoms with Crippen LogP contribution in [0.3, 0.4) is 0 Å². The van der Waals surface area contributed by atoms with Crippen molar-refractivity contribution in [2.75, 3.05) is 14.2 Å². The molecule has 3 heteroatoms. The fraction of sp³-hybridized carbons (Fsp3) is 0.333. The molecule has 3 rings (SSSR count). The third kappa shape index (κ3) is 3.19. The van der Waals surface area contributed by atoms with Crippen LogP contribution in [0.5, 0.6) is 11.5 Å². The fourth-order valence-electron chi connectivity index (χ4n) is 2.55. The van der Waals surface area contributed by atoms with Gasteiger partial charge in [-0.2, -0.15) is 0 Å². The van der Waals surface area contributed by atoms with Crippen molar-refractivity contribution in [3.8, 4) is 11.5 Å². The summed E-state index contributed by atoms with van der Waals surface area (Å²) in [5, 5.41) is 3.37. The Labute approximate surface area is 125 Å². The van der Waals surface area contributed by atoms with Crippen molar-refractivity contribution in [3.05, 3.63) is 59.7 Å². The third-order valence-electron chi connectivity index (χ3n) is 3.76. The van der Waals surface area contributed by atoms with Crippen molar-refractivity contribution >= 4 is 0 Å². The van der Waals surface area contributed by atoms with Crippen molar-refractivity contribution in [1.82, 2.24) is 5.32 Å². The van der Waals surface area contributed by atoms with E-state index in [2.05, 4.69) is 23.5 Å². The molecule has 1 unspecified atom stereocenters. The van der Waals surface area contributed by atoms with Crippen LogP contribution >= 0.6 is 0 Å². The Morgan fingerprint density at radius 2 is 1.90 bits per heavy atom. The SMILES string of the molecule is CNC(c1cccc(OC2CC2)c1)c1ccccc1OC. The molecule has 3 nitrogen and oxygen atoms in total. The summed E-state index contributed by atoms with van der Waals surface area (Å²) in [7, 11) is 3.67. The summed E-state index contributed by atoms with van der Waals surface area (Å²) in [5.41, 5.74) is 2.31. The molecule has 1 aliphatic carbocycles. The summed E-state index contributed by atoms with van der Waals surface area (Å²) in [6, 6.07) is 16.5. The molecule has 0 amide bonds. The van der Waals surface area contributed by atoms with E-state index >= 15 is 0 Å². The van der Waals surface area contributed by atoms with Gasteiger partial charge in [-0.1, -0.05) is 30.3 Å². The molecule has 1 fully saturated rings. The van der Waals surface area contributed by atoms with Gasteiger partial charge in [-0.25, -0.2) is 0 Å². The zero-order valence-corrected chi connectivity index (χ0v) is 12.5. The molecule has 1 atom stereocenters. The lowest BCUT2D eigenvalue weighted by atomic mass is 9.98. The van der Waals surface area contributed by atoms with Gasteiger partial charge < -0.3 is 14.8 Å². The number of para-hydroxylation sites is 1. The van der Waals surface area contributed by atoms with E-state index in [-0.39, 0.29) is 6.04 Å². The van der Waals surface area contributed by atoms with E-state index in [1.807, 2.05) is 37.4 Å². The second-order valence-electron chi connectivity index (χ2n) is 5.35. The summed E-state index contributed by atoms with van der Waals surface area (Å²) in [4.78, 5) is 0. The predicted octanol–water partition coefficient (Wildman–Crippen LogP) is 3.55. The van der Waals surface area contributed by atoms with Gasteiger partial charge >= 0.3 is 0 Å². The first-order chi connectivity index (χ1) is 10.3. The van der Waals surface area contributed by atoms with Crippen molar-refractivity contribution in [1.29, 1.82) is 0 Å². The van der Waals surface area contributed by atoms with Crippen LogP contribution in [0.1, 0.15) is 30.0 Å². The average molecular weight is 283 g/mol. The van der Waals surface area contributed by atoms with Gasteiger partial charge in [-0.3, -0.25) is 0 Å². The molecule has 0 aromatic heterocycles. The average Bonchev–Trinajstić information content (AvgIpc) is 3.33. The maximum atomic E-state index is 5.89. The maximum Gasteiger partial charge on any atom is 0.123 e. The topological polar surface area (TPSA) is 30.5 Å². The number of nitrogens with one attached hydrogen (secondary N) is 1. The number of hydrogen-bond acceptors (Lipinski definition) is 3. The smallest absolute Gasteiger partial charge is 0.123 e. The summed E-state index contributed by atoms with van der Waals surface area (Å²) >= 11 is 0. The van der Waals surface area contributed by atoms with E-state index < -0.39 is 0 Å². The molecule has 21 heavy (non-hydrogen) atoms. The molecule has 0 radical (unpaired) electrons. The fourth-order valence-corrected chi connectivity index (χ4v) is 2.55. The molecule has 0 saturated heterocycles. The van der Waals surface area contributed by atoms with Crippen LogP contribution < -0.4 is 14.8 Å². The van der Waals surface area contributed by atoms with Crippen molar-refractivity contribution in [2.45, 2.75) is 25.0 Å². The molecule has 0 spiro atoms. The Kier molecular flexibility index (Phi) is 4.11. The van der Waals surface area contributed by atoms with Crippen LogP contribution in [0.25, 0.3) is 0 Å². The van der Waals surface area contributed by atoms with Crippen LogP contribution in [-0.2, 0) is 0 Å². The summed E-state index contributed by atoms with van der Waals surface area (Å²) in [6.07, 6.45) is 2.76. The first-order valence-electron chi connectivity index (χ1n) is 7.38. The Morgan fingerprint density at radius 1 is 1.10 bits per heavy atom. The lowest BCUT2D eigenvalue weighted by Crippen LogP contribution is -2.18. The normalized spacial score (nSPS) is 15.5. The van der Waals surface area contributed by atoms with E-state index in [4.69, 9.17) is 9.47 Å². The van der Waals surface area contributed by atoms with Gasteiger partial charge in [-0.15, -0.1) is 0 Å². The van der Waals surface area contributed by atoms with Crippen LogP contribution in [0.4, 0.5) is 0 Å². The van der Waals surface area contributed by atoms with Crippen molar-refractivity contribution < 1.29 is 9.47 Å². The molecular formula is C18H21NO2. The predicted molar refractivity (Wildman–Crippen MR) is 84.0 cm³/mol. The minimum atomic E-state index is 0.0869. The zero-order valence-electron chi connectivity index (χ0n) is 12.5. The second-order valence-corrected chi connectivity index (χ2v) is 5.35. The molecule has 110 valence electrons. The van der Waals surface area contributed by atoms with E-state index in [1.165, 1.54) is 18.4 Å². The van der Waals surface area contributed by atoms with Crippen LogP contribution in [0, 0.1) is 0 Å². The lowest BCUT2D eigenvalue weighted by Gasteiger charge is -2.20. The van der Waals surface area contributed by atoms with Gasteiger partial charge in [0.25, 0.3) is 0 Å². The second kappa shape index (κ2) is 6.19. The van der Waals surface area contributed by atoms with Gasteiger partial charge in [0.2, 0.25) is 0 Å². The highest BCUT2D eigenvalue weighted by Gasteiger charge is 2.24. The lowest BCUT2D eigenvalue weighted by molar-refractivity contribution is 0.302. The molecule has 1 aliphatic rings. The van der Waals surface area contributed by atoms with Gasteiger partial charge in [0.05, 0.1) is 19.3 Å². The van der Waals surface area contributed by atoms with E-state index in [0.29, 0.717) is 6.10 Å². The standard InChI is InChI=1S/C18H21NO2/c1-19-18(16-8-3-4-9-17(16)20-2)13-6-5-7-15(12-13)21-14-10-11-14/h3-9,12,14,18-19H,10-11H2,1-2H3. The molecule has 0 bridgehead atoms. The Morgan fingerprint density at radius 3 is 2.62 bits per heavy atom. The number of hydrogen-bond donors (Lipinski definition) is 1. The maximum absolute atomic E-state index is 5.89. The molecule has 1 N–H and O–H groups in total. The number of rotatable bonds is 6. The molecule has 2 aromatic carbocycles. The van der Waals surface area contributed by atoms with E-state index in [0.717, 1.165) is 17.1 Å². The minimum Gasteiger partial charge on any atom is -0.496 e. The highest BCUT2D eigenvalue weighted by atomic mass is 16.5. The van der Waals surface area contributed by atoms with Crippen LogP contribution in [0.2, 0.25) is 0 Å². The first kappa shape index (κ1) is 14.0. The number of benzene rings is 2. The van der Waals surface area contributed by atoms with Gasteiger partial charge in [-0.05, 0) is 43.7 Å². The van der Waals surface area contributed by atoms with Crippen LogP contribution in [-0.4, -0.2) is 20.3 Å². The quantitative estimate of drug-likeness (QED) is 0.879. The molecular weight excluding hydrogens is 262 g/mol. The van der Waals surface area contributed by atoms with Gasteiger partial charge in [0, 0.05) is 5.56 Å². The Bertz CT molecular complexity index is 608. The van der Waals surface area contributed by atoms with E-state index in [9.17, 15) is 0 Å². The molecule has 2 aromatic rings. The summed E-state index contributed by atoms with van der Waals surface area (Å²) in [6.45, 7) is 0. The number of ether oxygens (including phenoxy) is 2. The first-order valence-corrected chi connectivity index (χ1v) is 7.38. The van der Waals surface area contributed by atoms with Crippen molar-refractivity contribution in [3.63, 3.8) is 0 Å². The van der Waals surface area contributed by atoms with E-state index in [1.54, 1.807) is 7.11 Å². The molecule has 0 heterocycles. The largest absolute Gasteiger partial charge is 0.496 e. The third-order valence-corrected chi connectivity index (χ3v) is 3.76. The van der Waals surface area contributed by atoms with Crippen molar-refractivity contribution in [2.24, 2.45) is 0 Å². The highest BCUT2D eigenvalue weighted by molar-refractivity contribution is 5.43. The Hall–Kier alpha value is -2.00. The Balaban J connectivity index is 1.91. The monoisotopic (exact) mass is 283 g/mol. The molecule has 0 aliphatic heterocycles. The van der Waals surface area contributed by atoms with Gasteiger partial charge in [0.15, 0.2) is 0 Å².